The van der Waals surface area contributed by atoms with Crippen LogP contribution in [0, 0.1) is 53.3 Å². The van der Waals surface area contributed by atoms with E-state index in [9.17, 15) is 9.18 Å². The number of nitrogens with one attached hydrogen (secondary N) is 1. The summed E-state index contributed by atoms with van der Waals surface area (Å²) in [4.78, 5) is 16.0. The van der Waals surface area contributed by atoms with Gasteiger partial charge in [0.25, 0.3) is 5.91 Å². The van der Waals surface area contributed by atoms with Gasteiger partial charge in [-0.05, 0) is 72.3 Å². The number of aromatic nitrogens is 1. The Morgan fingerprint density at radius 1 is 1.10 bits per heavy atom. The molecule has 8 unspecified atom stereocenters. The van der Waals surface area contributed by atoms with Gasteiger partial charge in [-0.2, -0.15) is 4.39 Å². The highest BCUT2D eigenvalue weighted by atomic mass is 19.1. The minimum Gasteiger partial charge on any atom is -0.349 e. The summed E-state index contributed by atoms with van der Waals surface area (Å²) in [6.45, 7) is 0. The van der Waals surface area contributed by atoms with Crippen LogP contribution in [0.5, 0.6) is 0 Å². The molecule has 0 aromatic carbocycles. The standard InChI is InChI=1S/C17H17FN2O/c18-16-6(2-1-3-19-16)17(21)20-15-13-9-4-7-8-5-10(11(7)13)14(15)12(8)9/h1-3,7-15H,4-5H2,(H,20,21). The van der Waals surface area contributed by atoms with Crippen molar-refractivity contribution in [3.8, 4) is 0 Å². The third-order valence-electron chi connectivity index (χ3n) is 7.62. The number of pyridine rings is 1. The summed E-state index contributed by atoms with van der Waals surface area (Å²) in [5.74, 6) is 5.85. The van der Waals surface area contributed by atoms with Crippen molar-refractivity contribution < 1.29 is 9.18 Å². The van der Waals surface area contributed by atoms with Crippen LogP contribution >= 0.6 is 0 Å². The first-order valence-electron chi connectivity index (χ1n) is 8.17. The zero-order valence-corrected chi connectivity index (χ0v) is 11.6. The van der Waals surface area contributed by atoms with Gasteiger partial charge in [-0.15, -0.1) is 0 Å². The van der Waals surface area contributed by atoms with Crippen molar-refractivity contribution in [2.45, 2.75) is 18.9 Å². The maximum absolute atomic E-state index is 13.7. The minimum atomic E-state index is -0.656. The monoisotopic (exact) mass is 284 g/mol. The first-order chi connectivity index (χ1) is 10.3. The molecule has 108 valence electrons. The molecule has 7 rings (SSSR count). The van der Waals surface area contributed by atoms with Gasteiger partial charge in [-0.3, -0.25) is 4.79 Å². The number of hydrogen-bond acceptors (Lipinski definition) is 2. The van der Waals surface area contributed by atoms with Crippen LogP contribution in [0.1, 0.15) is 23.2 Å². The van der Waals surface area contributed by atoms with Crippen molar-refractivity contribution in [3.05, 3.63) is 29.8 Å². The molecule has 6 bridgehead atoms. The van der Waals surface area contributed by atoms with Crippen molar-refractivity contribution in [2.24, 2.45) is 47.3 Å². The van der Waals surface area contributed by atoms with E-state index in [1.165, 1.54) is 25.1 Å². The summed E-state index contributed by atoms with van der Waals surface area (Å²) in [6.07, 6.45) is 4.20. The number of hydrogen-bond donors (Lipinski definition) is 1. The maximum atomic E-state index is 13.7. The summed E-state index contributed by atoms with van der Waals surface area (Å²) >= 11 is 0. The number of carbonyl (C=O) groups is 1. The lowest BCUT2D eigenvalue weighted by atomic mass is 9.71. The van der Waals surface area contributed by atoms with Gasteiger partial charge in [0.05, 0.1) is 5.56 Å². The van der Waals surface area contributed by atoms with Crippen LogP contribution in [0.3, 0.4) is 0 Å². The van der Waals surface area contributed by atoms with Gasteiger partial charge >= 0.3 is 0 Å². The topological polar surface area (TPSA) is 42.0 Å². The van der Waals surface area contributed by atoms with Crippen LogP contribution in [0.25, 0.3) is 0 Å². The maximum Gasteiger partial charge on any atom is 0.256 e. The molecule has 1 aromatic rings. The molecule has 1 amide bonds. The molecule has 0 saturated heterocycles. The third kappa shape index (κ3) is 1.05. The van der Waals surface area contributed by atoms with Gasteiger partial charge < -0.3 is 5.32 Å². The van der Waals surface area contributed by atoms with Crippen molar-refractivity contribution in [1.82, 2.24) is 10.3 Å². The van der Waals surface area contributed by atoms with E-state index in [-0.39, 0.29) is 11.5 Å². The van der Waals surface area contributed by atoms with Crippen LogP contribution in [0.15, 0.2) is 18.3 Å². The molecule has 6 aliphatic rings. The van der Waals surface area contributed by atoms with Gasteiger partial charge in [0.2, 0.25) is 5.95 Å². The first-order valence-corrected chi connectivity index (χ1v) is 8.17. The molecule has 21 heavy (non-hydrogen) atoms. The molecule has 6 aliphatic carbocycles. The second kappa shape index (κ2) is 3.31. The second-order valence-corrected chi connectivity index (χ2v) is 7.78. The Morgan fingerprint density at radius 2 is 1.76 bits per heavy atom. The third-order valence-corrected chi connectivity index (χ3v) is 7.62. The summed E-state index contributed by atoms with van der Waals surface area (Å²) < 4.78 is 13.7. The minimum absolute atomic E-state index is 0.0934. The molecule has 6 saturated carbocycles. The zero-order valence-electron chi connectivity index (χ0n) is 11.6. The Labute approximate surface area is 122 Å². The Kier molecular flexibility index (Phi) is 1.76. The van der Waals surface area contributed by atoms with E-state index in [1.807, 2.05) is 0 Å². The van der Waals surface area contributed by atoms with Crippen molar-refractivity contribution in [2.75, 3.05) is 0 Å². The largest absolute Gasteiger partial charge is 0.349 e. The van der Waals surface area contributed by atoms with E-state index in [1.54, 1.807) is 6.07 Å². The number of rotatable bonds is 2. The van der Waals surface area contributed by atoms with Crippen molar-refractivity contribution >= 4 is 5.91 Å². The normalized spacial score (nSPS) is 53.3. The average molecular weight is 284 g/mol. The first kappa shape index (κ1) is 11.2. The van der Waals surface area contributed by atoms with E-state index < -0.39 is 5.95 Å². The SMILES string of the molecule is O=C(NC1C2C3CC4C5CC(C42)C1C53)c1cccnc1F. The molecule has 3 nitrogen and oxygen atoms in total. The van der Waals surface area contributed by atoms with Crippen LogP contribution in [-0.2, 0) is 0 Å². The van der Waals surface area contributed by atoms with Gasteiger partial charge in [0.15, 0.2) is 0 Å². The molecule has 4 heteroatoms. The summed E-state index contributed by atoms with van der Waals surface area (Å²) in [5.41, 5.74) is 0.0934. The molecule has 6 fully saturated rings. The summed E-state index contributed by atoms with van der Waals surface area (Å²) in [7, 11) is 0. The fourth-order valence-electron chi connectivity index (χ4n) is 7.60. The Balaban J connectivity index is 1.33. The lowest BCUT2D eigenvalue weighted by Crippen LogP contribution is -2.39. The Bertz CT molecular complexity index is 649. The van der Waals surface area contributed by atoms with Gasteiger partial charge in [0.1, 0.15) is 0 Å². The number of carbonyl (C=O) groups excluding carboxylic acids is 1. The van der Waals surface area contributed by atoms with Gasteiger partial charge in [-0.25, -0.2) is 4.98 Å². The average Bonchev–Trinajstić information content (AvgIpc) is 3.18. The molecule has 1 heterocycles. The molecule has 8 atom stereocenters. The molecule has 1 N–H and O–H groups in total. The highest BCUT2D eigenvalue weighted by Crippen LogP contribution is 2.82. The van der Waals surface area contributed by atoms with E-state index in [0.717, 1.165) is 35.5 Å². The molecule has 0 aliphatic heterocycles. The van der Waals surface area contributed by atoms with E-state index in [4.69, 9.17) is 0 Å². The summed E-state index contributed by atoms with van der Waals surface area (Å²) in [5, 5.41) is 3.19. The van der Waals surface area contributed by atoms with Crippen molar-refractivity contribution in [3.63, 3.8) is 0 Å². The van der Waals surface area contributed by atoms with E-state index in [2.05, 4.69) is 10.3 Å². The Morgan fingerprint density at radius 3 is 2.38 bits per heavy atom. The fourth-order valence-corrected chi connectivity index (χ4v) is 7.60. The van der Waals surface area contributed by atoms with Crippen LogP contribution in [0.4, 0.5) is 4.39 Å². The van der Waals surface area contributed by atoms with Crippen molar-refractivity contribution in [1.29, 1.82) is 0 Å². The quantitative estimate of drug-likeness (QED) is 0.845. The molecular formula is C17H17FN2O. The number of nitrogens with zero attached hydrogens (tertiary/aromatic N) is 1. The summed E-state index contributed by atoms with van der Waals surface area (Å²) in [6, 6.07) is 3.46. The van der Waals surface area contributed by atoms with Crippen LogP contribution in [0.2, 0.25) is 0 Å². The van der Waals surface area contributed by atoms with Gasteiger partial charge in [0, 0.05) is 12.2 Å². The lowest BCUT2D eigenvalue weighted by molar-refractivity contribution is 0.0918. The number of amides is 1. The van der Waals surface area contributed by atoms with Crippen LogP contribution < -0.4 is 5.32 Å². The van der Waals surface area contributed by atoms with Gasteiger partial charge in [-0.1, -0.05) is 0 Å². The predicted octanol–water partition coefficient (Wildman–Crippen LogP) is 2.10. The highest BCUT2D eigenvalue weighted by Gasteiger charge is 2.80. The predicted molar refractivity (Wildman–Crippen MR) is 72.6 cm³/mol. The van der Waals surface area contributed by atoms with E-state index >= 15 is 0 Å². The fraction of sp³-hybridized carbons (Fsp3) is 0.647. The molecule has 0 radical (unpaired) electrons. The Hall–Kier alpha value is -1.45. The zero-order chi connectivity index (χ0) is 13.9. The smallest absolute Gasteiger partial charge is 0.256 e. The molecule has 0 spiro atoms. The second-order valence-electron chi connectivity index (χ2n) is 7.78. The molecule has 1 aromatic heterocycles. The van der Waals surface area contributed by atoms with Crippen LogP contribution in [-0.4, -0.2) is 16.9 Å². The lowest BCUT2D eigenvalue weighted by Gasteiger charge is -2.33. The van der Waals surface area contributed by atoms with E-state index in [0.29, 0.717) is 17.9 Å². The molecular weight excluding hydrogens is 267 g/mol. The highest BCUT2D eigenvalue weighted by molar-refractivity contribution is 5.94. The number of halogens is 1.